The van der Waals surface area contributed by atoms with E-state index < -0.39 is 22.3 Å². The van der Waals surface area contributed by atoms with E-state index in [1.54, 1.807) is 24.3 Å². The average Bonchev–Trinajstić information content (AvgIpc) is 3.16. The van der Waals surface area contributed by atoms with E-state index in [9.17, 15) is 24.1 Å². The summed E-state index contributed by atoms with van der Waals surface area (Å²) in [6, 6.07) is 17.4. The zero-order valence-electron chi connectivity index (χ0n) is 16.0. The molecular formula is C23H15FN2O5. The number of hydrogen-bond acceptors (Lipinski definition) is 6. The van der Waals surface area contributed by atoms with Crippen molar-refractivity contribution >= 4 is 33.9 Å². The van der Waals surface area contributed by atoms with Crippen molar-refractivity contribution in [1.82, 2.24) is 0 Å². The molecule has 0 atom stereocenters. The molecule has 0 radical (unpaired) electrons. The maximum absolute atomic E-state index is 13.2. The molecule has 1 N–H and O–H groups in total. The molecule has 1 heterocycles. The molecule has 0 aliphatic carbocycles. The predicted molar refractivity (Wildman–Crippen MR) is 112 cm³/mol. The molecule has 0 saturated heterocycles. The number of rotatable bonds is 7. The van der Waals surface area contributed by atoms with Crippen molar-refractivity contribution in [2.45, 2.75) is 0 Å². The summed E-state index contributed by atoms with van der Waals surface area (Å²) in [6.07, 6.45) is 0. The number of para-hydroxylation sites is 1. The van der Waals surface area contributed by atoms with Gasteiger partial charge in [-0.1, -0.05) is 24.3 Å². The minimum atomic E-state index is -0.576. The van der Waals surface area contributed by atoms with E-state index in [1.165, 1.54) is 48.5 Å². The fourth-order valence-corrected chi connectivity index (χ4v) is 3.18. The van der Waals surface area contributed by atoms with E-state index in [-0.39, 0.29) is 29.1 Å². The van der Waals surface area contributed by atoms with Crippen molar-refractivity contribution in [3.05, 3.63) is 106 Å². The second kappa shape index (κ2) is 8.19. The number of nitrogens with one attached hydrogen (secondary N) is 1. The Morgan fingerprint density at radius 2 is 1.71 bits per heavy atom. The summed E-state index contributed by atoms with van der Waals surface area (Å²) in [5, 5.41) is 14.5. The van der Waals surface area contributed by atoms with E-state index in [0.717, 1.165) is 0 Å². The monoisotopic (exact) mass is 418 g/mol. The van der Waals surface area contributed by atoms with E-state index in [0.29, 0.717) is 16.7 Å². The quantitative estimate of drug-likeness (QED) is 0.257. The molecule has 8 heteroatoms. The third-order valence-electron chi connectivity index (χ3n) is 4.71. The fourth-order valence-electron chi connectivity index (χ4n) is 3.18. The van der Waals surface area contributed by atoms with Crippen LogP contribution >= 0.6 is 0 Å². The number of nitro benzene ring substituents is 1. The first-order chi connectivity index (χ1) is 14.9. The Balaban J connectivity index is 1.65. The van der Waals surface area contributed by atoms with Gasteiger partial charge in [0.2, 0.25) is 5.78 Å². The van der Waals surface area contributed by atoms with Crippen molar-refractivity contribution in [3.8, 4) is 0 Å². The van der Waals surface area contributed by atoms with Crippen LogP contribution in [0.5, 0.6) is 0 Å². The summed E-state index contributed by atoms with van der Waals surface area (Å²) < 4.78 is 18.9. The summed E-state index contributed by atoms with van der Waals surface area (Å²) in [7, 11) is 0. The third-order valence-corrected chi connectivity index (χ3v) is 4.71. The lowest BCUT2D eigenvalue weighted by Gasteiger charge is -2.07. The molecule has 4 aromatic rings. The van der Waals surface area contributed by atoms with Crippen LogP contribution in [-0.2, 0) is 0 Å². The molecule has 0 saturated carbocycles. The van der Waals surface area contributed by atoms with Crippen molar-refractivity contribution in [2.75, 3.05) is 11.9 Å². The van der Waals surface area contributed by atoms with Gasteiger partial charge in [-0.3, -0.25) is 19.7 Å². The lowest BCUT2D eigenvalue weighted by atomic mass is 10.1. The molecule has 0 spiro atoms. The molecular weight excluding hydrogens is 403 g/mol. The SMILES string of the molecule is O=C(CNc1c(C(=O)c2ccc(F)cc2)oc2ccccc12)c1cccc([N+](=O)[O-])c1. The van der Waals surface area contributed by atoms with Gasteiger partial charge in [0.05, 0.1) is 17.2 Å². The van der Waals surface area contributed by atoms with Crippen LogP contribution in [0, 0.1) is 15.9 Å². The molecule has 31 heavy (non-hydrogen) atoms. The van der Waals surface area contributed by atoms with Crippen molar-refractivity contribution < 1.29 is 23.3 Å². The van der Waals surface area contributed by atoms with Crippen LogP contribution in [0.15, 0.2) is 77.2 Å². The molecule has 0 bridgehead atoms. The van der Waals surface area contributed by atoms with E-state index in [4.69, 9.17) is 4.42 Å². The molecule has 154 valence electrons. The van der Waals surface area contributed by atoms with Crippen LogP contribution in [0.4, 0.5) is 15.8 Å². The number of benzene rings is 3. The highest BCUT2D eigenvalue weighted by Crippen LogP contribution is 2.32. The first kappa shape index (κ1) is 20.0. The van der Waals surface area contributed by atoms with Crippen LogP contribution in [0.25, 0.3) is 11.0 Å². The van der Waals surface area contributed by atoms with Gasteiger partial charge in [0.25, 0.3) is 5.69 Å². The van der Waals surface area contributed by atoms with E-state index in [1.807, 2.05) is 0 Å². The summed E-state index contributed by atoms with van der Waals surface area (Å²) >= 11 is 0. The second-order valence-electron chi connectivity index (χ2n) is 6.72. The Hall–Kier alpha value is -4.33. The first-order valence-corrected chi connectivity index (χ1v) is 9.27. The first-order valence-electron chi connectivity index (χ1n) is 9.27. The maximum Gasteiger partial charge on any atom is 0.270 e. The summed E-state index contributed by atoms with van der Waals surface area (Å²) in [6.45, 7) is -0.214. The lowest BCUT2D eigenvalue weighted by molar-refractivity contribution is -0.384. The Labute approximate surface area is 175 Å². The minimum Gasteiger partial charge on any atom is -0.450 e. The molecule has 0 unspecified atom stereocenters. The van der Waals surface area contributed by atoms with Crippen LogP contribution in [0.2, 0.25) is 0 Å². The van der Waals surface area contributed by atoms with Crippen molar-refractivity contribution in [1.29, 1.82) is 0 Å². The Morgan fingerprint density at radius 3 is 2.45 bits per heavy atom. The number of ketones is 2. The maximum atomic E-state index is 13.2. The number of nitro groups is 1. The Kier molecular flexibility index (Phi) is 5.28. The van der Waals surface area contributed by atoms with Gasteiger partial charge in [0, 0.05) is 28.6 Å². The molecule has 0 amide bonds. The van der Waals surface area contributed by atoms with Gasteiger partial charge in [-0.25, -0.2) is 4.39 Å². The molecule has 0 aliphatic rings. The standard InChI is InChI=1S/C23H15FN2O5/c24-16-10-8-14(9-11-16)22(28)23-21(18-6-1-2-7-20(18)31-23)25-13-19(27)15-4-3-5-17(12-15)26(29)30/h1-12,25H,13H2. The molecule has 4 rings (SSSR count). The number of anilines is 1. The smallest absolute Gasteiger partial charge is 0.270 e. The van der Waals surface area contributed by atoms with Crippen LogP contribution in [0.3, 0.4) is 0 Å². The summed E-state index contributed by atoms with van der Waals surface area (Å²) in [4.78, 5) is 35.9. The van der Waals surface area contributed by atoms with Crippen LogP contribution in [0.1, 0.15) is 26.5 Å². The van der Waals surface area contributed by atoms with Gasteiger partial charge >= 0.3 is 0 Å². The Morgan fingerprint density at radius 1 is 0.968 bits per heavy atom. The van der Waals surface area contributed by atoms with E-state index >= 15 is 0 Å². The third kappa shape index (κ3) is 4.04. The topological polar surface area (TPSA) is 102 Å². The van der Waals surface area contributed by atoms with Crippen molar-refractivity contribution in [3.63, 3.8) is 0 Å². The number of nitrogens with zero attached hydrogens (tertiary/aromatic N) is 1. The average molecular weight is 418 g/mol. The van der Waals surface area contributed by atoms with Gasteiger partial charge in [0.1, 0.15) is 11.4 Å². The van der Waals surface area contributed by atoms with Gasteiger partial charge in [-0.15, -0.1) is 0 Å². The lowest BCUT2D eigenvalue weighted by Crippen LogP contribution is -2.15. The number of fused-ring (bicyclic) bond motifs is 1. The molecule has 3 aromatic carbocycles. The number of carbonyl (C=O) groups excluding carboxylic acids is 2. The van der Waals surface area contributed by atoms with Gasteiger partial charge in [-0.05, 0) is 36.4 Å². The number of halogens is 1. The number of hydrogen-bond donors (Lipinski definition) is 1. The molecule has 0 fully saturated rings. The molecule has 1 aromatic heterocycles. The predicted octanol–water partition coefficient (Wildman–Crippen LogP) is 5.01. The summed E-state index contributed by atoms with van der Waals surface area (Å²) in [5.74, 6) is -1.35. The number of furan rings is 1. The van der Waals surface area contributed by atoms with Crippen molar-refractivity contribution in [2.24, 2.45) is 0 Å². The molecule has 0 aliphatic heterocycles. The highest BCUT2D eigenvalue weighted by molar-refractivity contribution is 6.15. The minimum absolute atomic E-state index is 0.0142. The summed E-state index contributed by atoms with van der Waals surface area (Å²) in [5.41, 5.74) is 0.975. The molecule has 7 nitrogen and oxygen atoms in total. The number of carbonyl (C=O) groups is 2. The highest BCUT2D eigenvalue weighted by Gasteiger charge is 2.23. The largest absolute Gasteiger partial charge is 0.450 e. The van der Waals surface area contributed by atoms with E-state index in [2.05, 4.69) is 5.32 Å². The van der Waals surface area contributed by atoms with Gasteiger partial charge in [-0.2, -0.15) is 0 Å². The van der Waals surface area contributed by atoms with Crippen LogP contribution < -0.4 is 5.32 Å². The normalized spacial score (nSPS) is 10.7. The highest BCUT2D eigenvalue weighted by atomic mass is 19.1. The number of Topliss-reactive ketones (excluding diaryl/α,β-unsaturated/α-hetero) is 1. The van der Waals surface area contributed by atoms with Crippen LogP contribution in [-0.4, -0.2) is 23.0 Å². The zero-order valence-corrected chi connectivity index (χ0v) is 16.0. The Bertz CT molecular complexity index is 1310. The number of non-ortho nitro benzene ring substituents is 1. The van der Waals surface area contributed by atoms with Gasteiger partial charge in [0.15, 0.2) is 11.5 Å². The van der Waals surface area contributed by atoms with Gasteiger partial charge < -0.3 is 9.73 Å². The second-order valence-corrected chi connectivity index (χ2v) is 6.72. The zero-order chi connectivity index (χ0) is 22.0. The fraction of sp³-hybridized carbons (Fsp3) is 0.0435.